The van der Waals surface area contributed by atoms with Crippen molar-refractivity contribution in [3.8, 4) is 5.75 Å². The molecule has 0 aromatic heterocycles. The first-order valence-electron chi connectivity index (χ1n) is 3.21. The van der Waals surface area contributed by atoms with Crippen molar-refractivity contribution < 1.29 is 9.90 Å². The number of benzene rings is 1. The number of carbonyl (C=O) groups is 1. The number of hydrogen-bond donors (Lipinski definition) is 2. The van der Waals surface area contributed by atoms with Gasteiger partial charge in [0, 0.05) is 5.56 Å². The summed E-state index contributed by atoms with van der Waals surface area (Å²) < 4.78 is 0. The van der Waals surface area contributed by atoms with E-state index in [-0.39, 0.29) is 46.8 Å². The number of rotatable bonds is 1. The molecule has 12 heavy (non-hydrogen) atoms. The van der Waals surface area contributed by atoms with Gasteiger partial charge >= 0.3 is 29.6 Å². The molecule has 0 atom stereocenters. The molecule has 1 rings (SSSR count). The van der Waals surface area contributed by atoms with E-state index in [4.69, 9.17) is 10.8 Å². The number of phenols is 1. The number of para-hydroxylation sites is 1. The molecule has 3 N–H and O–H groups in total. The molecule has 0 heterocycles. The Balaban J connectivity index is 0.00000121. The van der Waals surface area contributed by atoms with Gasteiger partial charge in [-0.3, -0.25) is 4.79 Å². The van der Waals surface area contributed by atoms with Gasteiger partial charge in [0.2, 0.25) is 0 Å². The number of nitrogens with two attached hydrogens (primary N) is 1. The summed E-state index contributed by atoms with van der Waals surface area (Å²) in [4.78, 5) is 10.8. The van der Waals surface area contributed by atoms with Crippen LogP contribution in [0, 0.1) is 0 Å². The summed E-state index contributed by atoms with van der Waals surface area (Å²) in [7, 11) is 0. The average molecular weight is 175 g/mol. The summed E-state index contributed by atoms with van der Waals surface area (Å²) in [5, 5.41) is 9.07. The molecule has 0 bridgehead atoms. The summed E-state index contributed by atoms with van der Waals surface area (Å²) in [5.74, 6) is -0.184. The third kappa shape index (κ3) is 2.24. The number of phenolic OH excluding ortho intramolecular Hbond substituents is 1. The molecule has 0 aliphatic carbocycles. The van der Waals surface area contributed by atoms with Crippen LogP contribution in [0.15, 0.2) is 18.2 Å². The minimum atomic E-state index is -0.140. The average Bonchev–Trinajstić information content (AvgIpc) is 1.94. The fourth-order valence-corrected chi connectivity index (χ4v) is 0.860. The van der Waals surface area contributed by atoms with Gasteiger partial charge in [0.05, 0.1) is 5.69 Å². The van der Waals surface area contributed by atoms with E-state index in [1.165, 1.54) is 13.0 Å². The molecule has 4 heteroatoms. The van der Waals surface area contributed by atoms with Gasteiger partial charge in [0.15, 0.2) is 5.78 Å². The summed E-state index contributed by atoms with van der Waals surface area (Å²) in [6.07, 6.45) is 0. The molecular formula is C8H10NNaO2. The van der Waals surface area contributed by atoms with E-state index in [9.17, 15) is 4.79 Å². The molecule has 60 valence electrons. The van der Waals surface area contributed by atoms with E-state index >= 15 is 0 Å². The second-order valence-corrected chi connectivity index (χ2v) is 2.29. The van der Waals surface area contributed by atoms with Crippen molar-refractivity contribution in [3.63, 3.8) is 0 Å². The number of aromatic hydroxyl groups is 1. The van der Waals surface area contributed by atoms with Crippen molar-refractivity contribution in [1.82, 2.24) is 0 Å². The van der Waals surface area contributed by atoms with Crippen molar-refractivity contribution in [2.75, 3.05) is 5.73 Å². The second-order valence-electron chi connectivity index (χ2n) is 2.29. The van der Waals surface area contributed by atoms with Crippen molar-refractivity contribution in [2.24, 2.45) is 0 Å². The van der Waals surface area contributed by atoms with E-state index in [2.05, 4.69) is 0 Å². The van der Waals surface area contributed by atoms with E-state index < -0.39 is 0 Å². The number of carbonyl (C=O) groups excluding carboxylic acids is 1. The molecule has 0 spiro atoms. The molecule has 1 aromatic rings. The zero-order chi connectivity index (χ0) is 8.43. The van der Waals surface area contributed by atoms with Crippen LogP contribution >= 0.6 is 0 Å². The summed E-state index contributed by atoms with van der Waals surface area (Å²) >= 11 is 0. The van der Waals surface area contributed by atoms with E-state index in [0.29, 0.717) is 5.56 Å². The Morgan fingerprint density at radius 2 is 2.08 bits per heavy atom. The first-order valence-corrected chi connectivity index (χ1v) is 3.21. The van der Waals surface area contributed by atoms with Crippen molar-refractivity contribution in [3.05, 3.63) is 23.8 Å². The third-order valence-corrected chi connectivity index (χ3v) is 1.46. The van der Waals surface area contributed by atoms with Crippen LogP contribution in [0.4, 0.5) is 5.69 Å². The predicted molar refractivity (Wildman–Crippen MR) is 49.7 cm³/mol. The maximum absolute atomic E-state index is 10.8. The molecule has 0 unspecified atom stereocenters. The Morgan fingerprint density at radius 3 is 2.50 bits per heavy atom. The fraction of sp³-hybridized carbons (Fsp3) is 0.125. The van der Waals surface area contributed by atoms with Gasteiger partial charge in [-0.2, -0.15) is 0 Å². The van der Waals surface area contributed by atoms with Crippen molar-refractivity contribution in [2.45, 2.75) is 6.92 Å². The van der Waals surface area contributed by atoms with Gasteiger partial charge in [-0.1, -0.05) is 6.07 Å². The van der Waals surface area contributed by atoms with Crippen molar-refractivity contribution >= 4 is 41.0 Å². The maximum atomic E-state index is 10.8. The monoisotopic (exact) mass is 175 g/mol. The Kier molecular flexibility index (Phi) is 4.31. The van der Waals surface area contributed by atoms with Gasteiger partial charge in [-0.15, -0.1) is 0 Å². The molecule has 0 fully saturated rings. The quantitative estimate of drug-likeness (QED) is 0.283. The van der Waals surface area contributed by atoms with Gasteiger partial charge in [-0.25, -0.2) is 0 Å². The Bertz CT molecular complexity index is 299. The summed E-state index contributed by atoms with van der Waals surface area (Å²) in [6.45, 7) is 1.41. The fourth-order valence-electron chi connectivity index (χ4n) is 0.860. The Morgan fingerprint density at radius 1 is 1.50 bits per heavy atom. The zero-order valence-electron chi connectivity index (χ0n) is 6.16. The second kappa shape index (κ2) is 4.50. The first-order chi connectivity index (χ1) is 5.13. The topological polar surface area (TPSA) is 63.3 Å². The number of ketones is 1. The van der Waals surface area contributed by atoms with Gasteiger partial charge in [-0.05, 0) is 19.1 Å². The molecule has 1 aromatic carbocycles. The van der Waals surface area contributed by atoms with Crippen LogP contribution in [0.2, 0.25) is 0 Å². The minimum absolute atomic E-state index is 0. The Labute approximate surface area is 92.9 Å². The van der Waals surface area contributed by atoms with E-state index in [0.717, 1.165) is 0 Å². The van der Waals surface area contributed by atoms with Crippen LogP contribution in [0.5, 0.6) is 5.75 Å². The molecule has 0 radical (unpaired) electrons. The summed E-state index contributed by atoms with van der Waals surface area (Å²) in [5.41, 5.74) is 5.93. The van der Waals surface area contributed by atoms with Gasteiger partial charge < -0.3 is 10.8 Å². The molecule has 0 aliphatic heterocycles. The molecule has 3 nitrogen and oxygen atoms in total. The number of nitrogen functional groups attached to an aromatic ring is 1. The molecule has 0 aliphatic rings. The van der Waals surface area contributed by atoms with E-state index in [1.807, 2.05) is 0 Å². The zero-order valence-corrected chi connectivity index (χ0v) is 6.16. The number of hydrogen-bond acceptors (Lipinski definition) is 3. The SMILES string of the molecule is CC(=O)c1cccc(O)c1N.[NaH]. The van der Waals surface area contributed by atoms with Crippen LogP contribution in [-0.4, -0.2) is 40.4 Å². The van der Waals surface area contributed by atoms with Gasteiger partial charge in [0.25, 0.3) is 0 Å². The van der Waals surface area contributed by atoms with Crippen LogP contribution in [-0.2, 0) is 0 Å². The van der Waals surface area contributed by atoms with Gasteiger partial charge in [0.1, 0.15) is 5.75 Å². The first kappa shape index (κ1) is 11.5. The standard InChI is InChI=1S/C8H9NO2.Na.H/c1-5(10)6-3-2-4-7(11)8(6)9;;/h2-4,11H,9H2,1H3;;. The Hall–Kier alpha value is -0.510. The van der Waals surface area contributed by atoms with Crippen LogP contribution in [0.3, 0.4) is 0 Å². The molecule has 0 saturated heterocycles. The molecule has 0 amide bonds. The van der Waals surface area contributed by atoms with E-state index in [1.54, 1.807) is 12.1 Å². The number of anilines is 1. The van der Waals surface area contributed by atoms with Crippen molar-refractivity contribution in [1.29, 1.82) is 0 Å². The number of Topliss-reactive ketones (excluding diaryl/α,β-unsaturated/α-hetero) is 1. The van der Waals surface area contributed by atoms with Crippen LogP contribution in [0.25, 0.3) is 0 Å². The molecule has 0 saturated carbocycles. The predicted octanol–water partition coefficient (Wildman–Crippen LogP) is 0.528. The normalized spacial score (nSPS) is 8.75. The third-order valence-electron chi connectivity index (χ3n) is 1.46. The van der Waals surface area contributed by atoms with Crippen LogP contribution < -0.4 is 5.73 Å². The molecular weight excluding hydrogens is 165 g/mol. The van der Waals surface area contributed by atoms with Crippen LogP contribution in [0.1, 0.15) is 17.3 Å². The summed E-state index contributed by atoms with van der Waals surface area (Å²) in [6, 6.07) is 4.61.